The largest absolute Gasteiger partial charge is 0.375 e. The highest BCUT2D eigenvalue weighted by molar-refractivity contribution is 5.79. The third-order valence-electron chi connectivity index (χ3n) is 5.42. The standard InChI is InChI=1S/C19H25FN2O2/c20-17-3-1-2-15(8-17)9-19(23)22-12-16-11-21(10-14-4-5-14)6-7-24-18(16)13-22/h1-3,8,14,16,18H,4-7,9-13H2/t16-,18+/m0/s1. The van der Waals surface area contributed by atoms with E-state index in [0.717, 1.165) is 37.7 Å². The second kappa shape index (κ2) is 6.81. The molecule has 3 aliphatic rings. The number of halogens is 1. The molecule has 3 fully saturated rings. The number of amides is 1. The Labute approximate surface area is 142 Å². The highest BCUT2D eigenvalue weighted by atomic mass is 19.1. The summed E-state index contributed by atoms with van der Waals surface area (Å²) in [7, 11) is 0. The van der Waals surface area contributed by atoms with Gasteiger partial charge >= 0.3 is 0 Å². The maximum atomic E-state index is 13.3. The minimum Gasteiger partial charge on any atom is -0.375 e. The normalized spacial score (nSPS) is 27.8. The van der Waals surface area contributed by atoms with Gasteiger partial charge in [-0.15, -0.1) is 0 Å². The molecule has 24 heavy (non-hydrogen) atoms. The minimum atomic E-state index is -0.286. The van der Waals surface area contributed by atoms with Crippen LogP contribution in [0.1, 0.15) is 18.4 Å². The first-order valence-corrected chi connectivity index (χ1v) is 9.03. The maximum Gasteiger partial charge on any atom is 0.227 e. The lowest BCUT2D eigenvalue weighted by Crippen LogP contribution is -2.35. The van der Waals surface area contributed by atoms with E-state index in [-0.39, 0.29) is 24.2 Å². The summed E-state index contributed by atoms with van der Waals surface area (Å²) in [5.74, 6) is 1.08. The number of carbonyl (C=O) groups excluding carboxylic acids is 1. The Kier molecular flexibility index (Phi) is 4.55. The lowest BCUT2D eigenvalue weighted by molar-refractivity contribution is -0.130. The van der Waals surface area contributed by atoms with E-state index in [1.807, 2.05) is 11.0 Å². The van der Waals surface area contributed by atoms with Crippen LogP contribution in [0.25, 0.3) is 0 Å². The summed E-state index contributed by atoms with van der Waals surface area (Å²) in [6, 6.07) is 6.32. The van der Waals surface area contributed by atoms with Gasteiger partial charge in [0.25, 0.3) is 0 Å². The van der Waals surface area contributed by atoms with Crippen molar-refractivity contribution in [2.24, 2.45) is 11.8 Å². The first-order valence-electron chi connectivity index (χ1n) is 9.03. The number of nitrogens with zero attached hydrogens (tertiary/aromatic N) is 2. The molecule has 0 radical (unpaired) electrons. The zero-order valence-electron chi connectivity index (χ0n) is 14.0. The molecule has 0 bridgehead atoms. The summed E-state index contributed by atoms with van der Waals surface area (Å²) in [5.41, 5.74) is 0.739. The molecule has 2 aliphatic heterocycles. The Bertz CT molecular complexity index is 605. The van der Waals surface area contributed by atoms with Crippen molar-refractivity contribution in [3.05, 3.63) is 35.6 Å². The summed E-state index contributed by atoms with van der Waals surface area (Å²) in [5, 5.41) is 0. The van der Waals surface area contributed by atoms with Gasteiger partial charge in [-0.2, -0.15) is 0 Å². The minimum absolute atomic E-state index is 0.0750. The van der Waals surface area contributed by atoms with Crippen LogP contribution in [-0.4, -0.2) is 61.1 Å². The van der Waals surface area contributed by atoms with Crippen LogP contribution in [0.2, 0.25) is 0 Å². The molecule has 0 aromatic heterocycles. The average molecular weight is 332 g/mol. The summed E-state index contributed by atoms with van der Waals surface area (Å²) in [4.78, 5) is 17.0. The van der Waals surface area contributed by atoms with E-state index in [1.165, 1.54) is 31.5 Å². The van der Waals surface area contributed by atoms with Gasteiger partial charge in [0.15, 0.2) is 0 Å². The Morgan fingerprint density at radius 2 is 2.12 bits per heavy atom. The second-order valence-electron chi connectivity index (χ2n) is 7.48. The van der Waals surface area contributed by atoms with Crippen LogP contribution in [0.5, 0.6) is 0 Å². The maximum absolute atomic E-state index is 13.3. The summed E-state index contributed by atoms with van der Waals surface area (Å²) < 4.78 is 19.3. The van der Waals surface area contributed by atoms with Crippen LogP contribution in [0.3, 0.4) is 0 Å². The quantitative estimate of drug-likeness (QED) is 0.845. The molecule has 5 heteroatoms. The van der Waals surface area contributed by atoms with Gasteiger partial charge in [-0.05, 0) is 36.5 Å². The molecule has 1 saturated carbocycles. The molecule has 1 aromatic rings. The van der Waals surface area contributed by atoms with Gasteiger partial charge in [0.05, 0.1) is 19.1 Å². The van der Waals surface area contributed by atoms with Gasteiger partial charge < -0.3 is 14.5 Å². The zero-order valence-corrected chi connectivity index (χ0v) is 14.0. The van der Waals surface area contributed by atoms with Gasteiger partial charge in [0.1, 0.15) is 5.82 Å². The van der Waals surface area contributed by atoms with E-state index in [4.69, 9.17) is 4.74 Å². The van der Waals surface area contributed by atoms with E-state index in [9.17, 15) is 9.18 Å². The number of benzene rings is 1. The SMILES string of the molecule is O=C(Cc1cccc(F)c1)N1C[C@@H]2CN(CC3CC3)CCO[C@@H]2C1. The van der Waals surface area contributed by atoms with Crippen molar-refractivity contribution < 1.29 is 13.9 Å². The monoisotopic (exact) mass is 332 g/mol. The molecule has 0 N–H and O–H groups in total. The highest BCUT2D eigenvalue weighted by Gasteiger charge is 2.39. The molecule has 4 rings (SSSR count). The van der Waals surface area contributed by atoms with Crippen LogP contribution in [-0.2, 0) is 16.0 Å². The lowest BCUT2D eigenvalue weighted by atomic mass is 10.1. The number of hydrogen-bond donors (Lipinski definition) is 0. The Morgan fingerprint density at radius 3 is 2.92 bits per heavy atom. The fourth-order valence-corrected chi connectivity index (χ4v) is 3.93. The summed E-state index contributed by atoms with van der Waals surface area (Å²) in [6.45, 7) is 5.44. The molecule has 2 saturated heterocycles. The topological polar surface area (TPSA) is 32.8 Å². The van der Waals surface area contributed by atoms with Crippen molar-refractivity contribution in [3.8, 4) is 0 Å². The fraction of sp³-hybridized carbons (Fsp3) is 0.632. The smallest absolute Gasteiger partial charge is 0.227 e. The fourth-order valence-electron chi connectivity index (χ4n) is 3.93. The van der Waals surface area contributed by atoms with Crippen molar-refractivity contribution in [1.82, 2.24) is 9.80 Å². The summed E-state index contributed by atoms with van der Waals surface area (Å²) >= 11 is 0. The van der Waals surface area contributed by atoms with Crippen molar-refractivity contribution in [2.75, 3.05) is 39.3 Å². The molecule has 1 aromatic carbocycles. The van der Waals surface area contributed by atoms with Crippen LogP contribution in [0.4, 0.5) is 4.39 Å². The van der Waals surface area contributed by atoms with Crippen LogP contribution >= 0.6 is 0 Å². The number of carbonyl (C=O) groups is 1. The number of hydrogen-bond acceptors (Lipinski definition) is 3. The van der Waals surface area contributed by atoms with Crippen molar-refractivity contribution in [1.29, 1.82) is 0 Å². The molecule has 0 spiro atoms. The number of ether oxygens (including phenoxy) is 1. The van der Waals surface area contributed by atoms with Gasteiger partial charge in [-0.25, -0.2) is 4.39 Å². The Hall–Kier alpha value is -1.46. The van der Waals surface area contributed by atoms with Gasteiger partial charge in [-0.3, -0.25) is 4.79 Å². The van der Waals surface area contributed by atoms with Crippen molar-refractivity contribution in [2.45, 2.75) is 25.4 Å². The molecule has 2 heterocycles. The first kappa shape index (κ1) is 16.0. The molecule has 1 amide bonds. The third kappa shape index (κ3) is 3.78. The number of likely N-dealkylation sites (tertiary alicyclic amines) is 1. The van der Waals surface area contributed by atoms with Crippen LogP contribution in [0.15, 0.2) is 24.3 Å². The molecule has 1 aliphatic carbocycles. The number of fused-ring (bicyclic) bond motifs is 1. The molecular formula is C19H25FN2O2. The van der Waals surface area contributed by atoms with Crippen molar-refractivity contribution in [3.63, 3.8) is 0 Å². The van der Waals surface area contributed by atoms with Crippen LogP contribution in [0, 0.1) is 17.7 Å². The molecule has 130 valence electrons. The predicted octanol–water partition coefficient (Wildman–Crippen LogP) is 1.94. The molecule has 0 unspecified atom stereocenters. The second-order valence-corrected chi connectivity index (χ2v) is 7.48. The highest BCUT2D eigenvalue weighted by Crippen LogP contribution is 2.31. The van der Waals surface area contributed by atoms with Crippen molar-refractivity contribution >= 4 is 5.91 Å². The lowest BCUT2D eigenvalue weighted by Gasteiger charge is -2.23. The zero-order chi connectivity index (χ0) is 16.5. The Balaban J connectivity index is 1.35. The van der Waals surface area contributed by atoms with E-state index in [0.29, 0.717) is 12.5 Å². The predicted molar refractivity (Wildman–Crippen MR) is 89.1 cm³/mol. The first-order chi connectivity index (χ1) is 11.7. The van der Waals surface area contributed by atoms with Crippen LogP contribution < -0.4 is 0 Å². The van der Waals surface area contributed by atoms with E-state index in [2.05, 4.69) is 4.90 Å². The molecule has 2 atom stereocenters. The van der Waals surface area contributed by atoms with Gasteiger partial charge in [0.2, 0.25) is 5.91 Å². The molecule has 4 nitrogen and oxygen atoms in total. The third-order valence-corrected chi connectivity index (χ3v) is 5.42. The van der Waals surface area contributed by atoms with E-state index < -0.39 is 0 Å². The van der Waals surface area contributed by atoms with E-state index >= 15 is 0 Å². The summed E-state index contributed by atoms with van der Waals surface area (Å²) in [6.07, 6.45) is 3.15. The van der Waals surface area contributed by atoms with Gasteiger partial charge in [0, 0.05) is 38.6 Å². The Morgan fingerprint density at radius 1 is 1.25 bits per heavy atom. The molecular weight excluding hydrogens is 307 g/mol. The van der Waals surface area contributed by atoms with Gasteiger partial charge in [-0.1, -0.05) is 12.1 Å². The number of rotatable bonds is 4. The van der Waals surface area contributed by atoms with E-state index in [1.54, 1.807) is 6.07 Å². The average Bonchev–Trinajstić information content (AvgIpc) is 3.30.